The number of carbonyl (C=O) groups is 5. The molecule has 1 unspecified atom stereocenters. The number of hydrogen-bond acceptors (Lipinski definition) is 8. The summed E-state index contributed by atoms with van der Waals surface area (Å²) in [5.74, 6) is -2.98. The summed E-state index contributed by atoms with van der Waals surface area (Å²) in [6.07, 6.45) is 6.38. The maximum atomic E-state index is 14.1. The second-order valence-electron chi connectivity index (χ2n) is 13.8. The van der Waals surface area contributed by atoms with Gasteiger partial charge in [0.25, 0.3) is 5.91 Å². The van der Waals surface area contributed by atoms with Crippen molar-refractivity contribution in [2.45, 2.75) is 127 Å². The third-order valence-electron chi connectivity index (χ3n) is 9.26. The molecule has 1 aromatic rings. The minimum absolute atomic E-state index is 0.135. The molecule has 1 aromatic heterocycles. The minimum Gasteiger partial charge on any atom is -0.363 e. The van der Waals surface area contributed by atoms with Gasteiger partial charge in [-0.05, 0) is 49.0 Å². The summed E-state index contributed by atoms with van der Waals surface area (Å²) in [5.41, 5.74) is 3.67. The van der Waals surface area contributed by atoms with Crippen LogP contribution in [0.4, 0.5) is 4.79 Å². The molecular weight excluding hydrogens is 633 g/mol. The summed E-state index contributed by atoms with van der Waals surface area (Å²) in [4.78, 5) is 67.6. The monoisotopic (exact) mass is 680 g/mol. The molecule has 1 saturated heterocycles. The number of thiophene rings is 1. The Morgan fingerprint density at radius 3 is 2.39 bits per heavy atom. The lowest BCUT2D eigenvalue weighted by molar-refractivity contribution is -0.143. The van der Waals surface area contributed by atoms with E-state index in [1.807, 2.05) is 27.7 Å². The number of rotatable bonds is 12. The molecule has 5 N–H and O–H groups in total. The Bertz CT molecular complexity index is 1430. The maximum Gasteiger partial charge on any atom is 0.315 e. The van der Waals surface area contributed by atoms with Crippen molar-refractivity contribution in [3.8, 4) is 0 Å². The number of nitrogens with zero attached hydrogens (tertiary/aromatic N) is 2. The predicted octanol–water partition coefficient (Wildman–Crippen LogP) is 2.39. The van der Waals surface area contributed by atoms with Gasteiger partial charge in [0, 0.05) is 24.5 Å². The molecule has 2 aliphatic heterocycles. The van der Waals surface area contributed by atoms with E-state index in [4.69, 9.17) is 5.73 Å². The Morgan fingerprint density at radius 1 is 1.09 bits per heavy atom. The highest BCUT2D eigenvalue weighted by Gasteiger charge is 2.46. The molecule has 2 fully saturated rings. The fourth-order valence-corrected chi connectivity index (χ4v) is 9.73. The van der Waals surface area contributed by atoms with Gasteiger partial charge < -0.3 is 26.6 Å². The quantitative estimate of drug-likeness (QED) is 0.244. The average molecular weight is 681 g/mol. The smallest absolute Gasteiger partial charge is 0.315 e. The number of hydrogen-bond donors (Lipinski definition) is 4. The Hall–Kier alpha value is -3.04. The van der Waals surface area contributed by atoms with Crippen LogP contribution in [-0.2, 0) is 35.7 Å². The summed E-state index contributed by atoms with van der Waals surface area (Å²) in [7, 11) is -3.66. The number of sulfonamides is 1. The minimum atomic E-state index is -3.66. The van der Waals surface area contributed by atoms with Crippen LogP contribution in [0.2, 0.25) is 0 Å². The van der Waals surface area contributed by atoms with Gasteiger partial charge in [-0.1, -0.05) is 59.8 Å². The van der Waals surface area contributed by atoms with E-state index >= 15 is 0 Å². The van der Waals surface area contributed by atoms with Crippen molar-refractivity contribution < 1.29 is 32.4 Å². The zero-order valence-electron chi connectivity index (χ0n) is 27.2. The number of nitrogens with one attached hydrogen (secondary N) is 3. The SMILES string of the molecule is CCCCC(NC(=O)[C@@H]1CCCN1C(=O)[C@@H](NC(=O)NC1(CN2Cc3sccc3S2(=O)=O)CCCCC1)C(C)(C)C)C(=O)C(N)=O. The van der Waals surface area contributed by atoms with Crippen LogP contribution in [0.5, 0.6) is 0 Å². The molecule has 15 heteroatoms. The van der Waals surface area contributed by atoms with Crippen LogP contribution in [0.3, 0.4) is 0 Å². The standard InChI is InChI=1S/C31H48N6O7S2/c1-5-6-11-20(24(38)26(32)39)33-27(40)21-12-10-16-37(21)28(41)25(30(2,3)4)34-29(42)35-31(14-8-7-9-15-31)19-36-18-22-23(13-17-45-22)46(36,43)44/h13,17,20-21,25H,5-12,14-16,18-19H2,1-4H3,(H2,32,39)(H,33,40)(H2,34,35,42)/t20?,21-,25+/m0/s1. The normalized spacial score (nSPS) is 22.0. The third-order valence-corrected chi connectivity index (χ3v) is 12.2. The maximum absolute atomic E-state index is 14.1. The van der Waals surface area contributed by atoms with E-state index in [0.29, 0.717) is 37.0 Å². The van der Waals surface area contributed by atoms with Crippen LogP contribution in [0, 0.1) is 5.41 Å². The Balaban J connectivity index is 1.48. The summed E-state index contributed by atoms with van der Waals surface area (Å²) in [6, 6.07) is -1.91. The Labute approximate surface area is 275 Å². The molecule has 1 saturated carbocycles. The van der Waals surface area contributed by atoms with Gasteiger partial charge in [-0.25, -0.2) is 13.2 Å². The zero-order valence-corrected chi connectivity index (χ0v) is 28.9. The van der Waals surface area contributed by atoms with Crippen molar-refractivity contribution in [3.63, 3.8) is 0 Å². The molecular formula is C31H48N6O7S2. The first kappa shape index (κ1) is 35.8. The van der Waals surface area contributed by atoms with Crippen molar-refractivity contribution in [1.82, 2.24) is 25.2 Å². The summed E-state index contributed by atoms with van der Waals surface area (Å²) >= 11 is 1.40. The van der Waals surface area contributed by atoms with Crippen molar-refractivity contribution in [3.05, 3.63) is 16.3 Å². The van der Waals surface area contributed by atoms with Crippen LogP contribution in [0.25, 0.3) is 0 Å². The number of amides is 5. The van der Waals surface area contributed by atoms with Gasteiger partial charge in [-0.3, -0.25) is 19.2 Å². The molecule has 5 amide bonds. The molecule has 256 valence electrons. The summed E-state index contributed by atoms with van der Waals surface area (Å²) < 4.78 is 27.9. The number of urea groups is 1. The average Bonchev–Trinajstić information content (AvgIpc) is 3.71. The number of primary amides is 1. The van der Waals surface area contributed by atoms with Gasteiger partial charge in [0.05, 0.1) is 16.5 Å². The lowest BCUT2D eigenvalue weighted by Crippen LogP contribution is -2.63. The second-order valence-corrected chi connectivity index (χ2v) is 16.7. The Kier molecular flexibility index (Phi) is 11.2. The highest BCUT2D eigenvalue weighted by molar-refractivity contribution is 7.89. The first-order chi connectivity index (χ1) is 21.6. The van der Waals surface area contributed by atoms with E-state index in [1.165, 1.54) is 20.5 Å². The lowest BCUT2D eigenvalue weighted by Gasteiger charge is -2.41. The molecule has 0 radical (unpaired) electrons. The van der Waals surface area contributed by atoms with Gasteiger partial charge in [0.15, 0.2) is 0 Å². The van der Waals surface area contributed by atoms with E-state index in [2.05, 4.69) is 16.0 Å². The first-order valence-electron chi connectivity index (χ1n) is 16.2. The number of fused-ring (bicyclic) bond motifs is 1. The molecule has 46 heavy (non-hydrogen) atoms. The number of Topliss-reactive ketones (excluding diaryl/α,β-unsaturated/α-hetero) is 1. The van der Waals surface area contributed by atoms with Gasteiger partial charge in [0.1, 0.15) is 12.1 Å². The number of ketones is 1. The molecule has 4 rings (SSSR count). The first-order valence-corrected chi connectivity index (χ1v) is 18.5. The van der Waals surface area contributed by atoms with Crippen LogP contribution in [0.15, 0.2) is 16.3 Å². The number of nitrogens with two attached hydrogens (primary N) is 1. The van der Waals surface area contributed by atoms with Gasteiger partial charge in [-0.15, -0.1) is 11.3 Å². The summed E-state index contributed by atoms with van der Waals surface area (Å²) in [5, 5.41) is 10.4. The molecule has 1 aliphatic carbocycles. The van der Waals surface area contributed by atoms with Crippen molar-refractivity contribution >= 4 is 50.9 Å². The zero-order chi connectivity index (χ0) is 33.9. The molecule has 0 spiro atoms. The van der Waals surface area contributed by atoms with E-state index in [1.54, 1.807) is 11.4 Å². The predicted molar refractivity (Wildman–Crippen MR) is 173 cm³/mol. The second kappa shape index (κ2) is 14.4. The van der Waals surface area contributed by atoms with Crippen molar-refractivity contribution in [2.75, 3.05) is 13.1 Å². The summed E-state index contributed by atoms with van der Waals surface area (Å²) in [6.45, 7) is 8.07. The van der Waals surface area contributed by atoms with Crippen molar-refractivity contribution in [2.24, 2.45) is 11.1 Å². The molecule has 0 aromatic carbocycles. The molecule has 0 bridgehead atoms. The molecule has 3 heterocycles. The Morgan fingerprint density at radius 2 is 1.78 bits per heavy atom. The number of carbonyl (C=O) groups excluding carboxylic acids is 5. The van der Waals surface area contributed by atoms with Crippen LogP contribution in [-0.4, -0.2) is 83.9 Å². The molecule has 3 aliphatic rings. The highest BCUT2D eigenvalue weighted by atomic mass is 32.2. The van der Waals surface area contributed by atoms with Gasteiger partial charge in [0.2, 0.25) is 27.6 Å². The topological polar surface area (TPSA) is 188 Å². The van der Waals surface area contributed by atoms with Gasteiger partial charge >= 0.3 is 6.03 Å². The van der Waals surface area contributed by atoms with Crippen LogP contribution in [0.1, 0.15) is 96.8 Å². The van der Waals surface area contributed by atoms with Gasteiger partial charge in [-0.2, -0.15) is 4.31 Å². The highest BCUT2D eigenvalue weighted by Crippen LogP contribution is 2.38. The van der Waals surface area contributed by atoms with E-state index in [0.717, 1.165) is 30.6 Å². The third kappa shape index (κ3) is 7.91. The van der Waals surface area contributed by atoms with E-state index < -0.39 is 68.6 Å². The van der Waals surface area contributed by atoms with Crippen LogP contribution < -0.4 is 21.7 Å². The number of likely N-dealkylation sites (tertiary alicyclic amines) is 1. The van der Waals surface area contributed by atoms with E-state index in [9.17, 15) is 32.4 Å². The van der Waals surface area contributed by atoms with E-state index in [-0.39, 0.29) is 26.1 Å². The fourth-order valence-electron chi connectivity index (χ4n) is 6.73. The largest absolute Gasteiger partial charge is 0.363 e. The number of unbranched alkanes of at least 4 members (excludes halogenated alkanes) is 1. The molecule has 3 atom stereocenters. The van der Waals surface area contributed by atoms with Crippen molar-refractivity contribution in [1.29, 1.82) is 0 Å². The van der Waals surface area contributed by atoms with Crippen LogP contribution >= 0.6 is 11.3 Å². The lowest BCUT2D eigenvalue weighted by atomic mass is 9.81. The fraction of sp³-hybridized carbons (Fsp3) is 0.710. The molecule has 13 nitrogen and oxygen atoms in total.